The SMILES string of the molecule is Cc1ccc(NC(=O)C(C)C)cc1NC(=O)N(C)Cc1ccccc1Cl. The third kappa shape index (κ3) is 5.23. The van der Waals surface area contributed by atoms with E-state index in [-0.39, 0.29) is 17.9 Å². The largest absolute Gasteiger partial charge is 0.326 e. The molecule has 5 nitrogen and oxygen atoms in total. The normalized spacial score (nSPS) is 10.5. The Balaban J connectivity index is 2.08. The van der Waals surface area contributed by atoms with Crippen LogP contribution in [0, 0.1) is 12.8 Å². The predicted molar refractivity (Wildman–Crippen MR) is 107 cm³/mol. The molecule has 0 spiro atoms. The number of carbonyl (C=O) groups excluding carboxylic acids is 2. The monoisotopic (exact) mass is 373 g/mol. The lowest BCUT2D eigenvalue weighted by Crippen LogP contribution is -2.31. The smallest absolute Gasteiger partial charge is 0.321 e. The van der Waals surface area contributed by atoms with Crippen molar-refractivity contribution in [2.24, 2.45) is 5.92 Å². The number of urea groups is 1. The maximum absolute atomic E-state index is 12.5. The lowest BCUT2D eigenvalue weighted by Gasteiger charge is -2.20. The molecule has 2 N–H and O–H groups in total. The average molecular weight is 374 g/mol. The van der Waals surface area contributed by atoms with Crippen molar-refractivity contribution in [3.8, 4) is 0 Å². The van der Waals surface area contributed by atoms with E-state index in [1.54, 1.807) is 24.1 Å². The van der Waals surface area contributed by atoms with Gasteiger partial charge in [-0.2, -0.15) is 0 Å². The van der Waals surface area contributed by atoms with Crippen molar-refractivity contribution in [3.05, 3.63) is 58.6 Å². The number of benzene rings is 2. The summed E-state index contributed by atoms with van der Waals surface area (Å²) in [6.45, 7) is 5.96. The molecule has 0 bridgehead atoms. The van der Waals surface area contributed by atoms with Gasteiger partial charge < -0.3 is 15.5 Å². The summed E-state index contributed by atoms with van der Waals surface area (Å²) in [6, 6.07) is 12.6. The summed E-state index contributed by atoms with van der Waals surface area (Å²) in [5, 5.41) is 6.35. The number of aryl methyl sites for hydroxylation is 1. The molecule has 0 radical (unpaired) electrons. The summed E-state index contributed by atoms with van der Waals surface area (Å²) in [6.07, 6.45) is 0. The highest BCUT2D eigenvalue weighted by atomic mass is 35.5. The van der Waals surface area contributed by atoms with Crippen molar-refractivity contribution >= 4 is 34.9 Å². The van der Waals surface area contributed by atoms with E-state index in [1.165, 1.54) is 0 Å². The maximum atomic E-state index is 12.5. The minimum atomic E-state index is -0.250. The van der Waals surface area contributed by atoms with Crippen molar-refractivity contribution in [1.82, 2.24) is 4.90 Å². The fourth-order valence-electron chi connectivity index (χ4n) is 2.29. The summed E-state index contributed by atoms with van der Waals surface area (Å²) < 4.78 is 0. The Morgan fingerprint density at radius 3 is 2.46 bits per heavy atom. The first kappa shape index (κ1) is 19.8. The van der Waals surface area contributed by atoms with E-state index in [2.05, 4.69) is 10.6 Å². The van der Waals surface area contributed by atoms with E-state index in [0.29, 0.717) is 22.9 Å². The highest BCUT2D eigenvalue weighted by Gasteiger charge is 2.13. The van der Waals surface area contributed by atoms with Crippen molar-refractivity contribution < 1.29 is 9.59 Å². The molecule has 0 unspecified atom stereocenters. The molecule has 0 atom stereocenters. The number of hydrogen-bond donors (Lipinski definition) is 2. The fraction of sp³-hybridized carbons (Fsp3) is 0.300. The second-order valence-electron chi connectivity index (χ2n) is 6.55. The number of rotatable bonds is 5. The lowest BCUT2D eigenvalue weighted by atomic mass is 10.1. The lowest BCUT2D eigenvalue weighted by molar-refractivity contribution is -0.118. The summed E-state index contributed by atoms with van der Waals surface area (Å²) in [7, 11) is 1.71. The molecule has 0 saturated heterocycles. The predicted octanol–water partition coefficient (Wildman–Crippen LogP) is 4.91. The van der Waals surface area contributed by atoms with Crippen LogP contribution in [0.2, 0.25) is 5.02 Å². The van der Waals surface area contributed by atoms with Gasteiger partial charge in [-0.25, -0.2) is 4.79 Å². The van der Waals surface area contributed by atoms with Gasteiger partial charge in [0.05, 0.1) is 0 Å². The highest BCUT2D eigenvalue weighted by Crippen LogP contribution is 2.22. The van der Waals surface area contributed by atoms with Crippen LogP contribution in [0.5, 0.6) is 0 Å². The zero-order chi connectivity index (χ0) is 19.3. The Labute approximate surface area is 159 Å². The molecule has 6 heteroatoms. The molecule has 0 aliphatic carbocycles. The Bertz CT molecular complexity index is 805. The molecular formula is C20H24ClN3O2. The molecule has 2 rings (SSSR count). The minimum absolute atomic E-state index is 0.0676. The summed E-state index contributed by atoms with van der Waals surface area (Å²) in [5.41, 5.74) is 3.09. The maximum Gasteiger partial charge on any atom is 0.321 e. The van der Waals surface area contributed by atoms with E-state index >= 15 is 0 Å². The fourth-order valence-corrected chi connectivity index (χ4v) is 2.48. The molecule has 2 aromatic carbocycles. The Hall–Kier alpha value is -2.53. The zero-order valence-corrected chi connectivity index (χ0v) is 16.2. The summed E-state index contributed by atoms with van der Waals surface area (Å²) in [4.78, 5) is 25.9. The van der Waals surface area contributed by atoms with Gasteiger partial charge in [-0.1, -0.05) is 49.7 Å². The number of amides is 3. The number of halogens is 1. The average Bonchev–Trinajstić information content (AvgIpc) is 2.59. The van der Waals surface area contributed by atoms with Crippen LogP contribution in [0.15, 0.2) is 42.5 Å². The van der Waals surface area contributed by atoms with Crippen molar-refractivity contribution in [2.75, 3.05) is 17.7 Å². The molecule has 2 aromatic rings. The molecule has 0 saturated carbocycles. The van der Waals surface area contributed by atoms with E-state index < -0.39 is 0 Å². The van der Waals surface area contributed by atoms with Crippen molar-refractivity contribution in [1.29, 1.82) is 0 Å². The van der Waals surface area contributed by atoms with E-state index in [4.69, 9.17) is 11.6 Å². The molecule has 0 aromatic heterocycles. The summed E-state index contributed by atoms with van der Waals surface area (Å²) >= 11 is 6.15. The Morgan fingerprint density at radius 2 is 1.81 bits per heavy atom. The van der Waals surface area contributed by atoms with Gasteiger partial charge in [-0.05, 0) is 36.2 Å². The van der Waals surface area contributed by atoms with Crippen LogP contribution in [-0.2, 0) is 11.3 Å². The van der Waals surface area contributed by atoms with E-state index in [0.717, 1.165) is 11.1 Å². The molecule has 138 valence electrons. The Kier molecular flexibility index (Phi) is 6.64. The standard InChI is InChI=1S/C20H24ClN3O2/c1-13(2)19(25)22-16-10-9-14(3)18(11-16)23-20(26)24(4)12-15-7-5-6-8-17(15)21/h5-11,13H,12H2,1-4H3,(H,22,25)(H,23,26). The first-order valence-electron chi connectivity index (χ1n) is 8.45. The number of anilines is 2. The molecule has 26 heavy (non-hydrogen) atoms. The van der Waals surface area contributed by atoms with Crippen LogP contribution in [0.4, 0.5) is 16.2 Å². The van der Waals surface area contributed by atoms with Gasteiger partial charge in [-0.15, -0.1) is 0 Å². The van der Waals surface area contributed by atoms with Gasteiger partial charge in [0.15, 0.2) is 0 Å². The highest BCUT2D eigenvalue weighted by molar-refractivity contribution is 6.31. The van der Waals surface area contributed by atoms with Gasteiger partial charge in [0.2, 0.25) is 5.91 Å². The van der Waals surface area contributed by atoms with Crippen LogP contribution < -0.4 is 10.6 Å². The molecule has 0 aliphatic heterocycles. The second kappa shape index (κ2) is 8.72. The number of hydrogen-bond acceptors (Lipinski definition) is 2. The molecule has 0 aliphatic rings. The number of nitrogens with one attached hydrogen (secondary N) is 2. The summed E-state index contributed by atoms with van der Waals surface area (Å²) in [5.74, 6) is -0.182. The van der Waals surface area contributed by atoms with E-state index in [1.807, 2.05) is 51.1 Å². The van der Waals surface area contributed by atoms with Crippen molar-refractivity contribution in [3.63, 3.8) is 0 Å². The molecular weight excluding hydrogens is 350 g/mol. The molecule has 3 amide bonds. The van der Waals surface area contributed by atoms with Crippen LogP contribution in [0.25, 0.3) is 0 Å². The topological polar surface area (TPSA) is 61.4 Å². The Morgan fingerprint density at radius 1 is 1.12 bits per heavy atom. The third-order valence-electron chi connectivity index (χ3n) is 3.98. The van der Waals surface area contributed by atoms with Gasteiger partial charge >= 0.3 is 6.03 Å². The van der Waals surface area contributed by atoms with E-state index in [9.17, 15) is 9.59 Å². The zero-order valence-electron chi connectivity index (χ0n) is 15.5. The van der Waals surface area contributed by atoms with Crippen LogP contribution >= 0.6 is 11.6 Å². The van der Waals surface area contributed by atoms with Crippen LogP contribution in [0.1, 0.15) is 25.0 Å². The first-order valence-corrected chi connectivity index (χ1v) is 8.82. The van der Waals surface area contributed by atoms with Gasteiger partial charge in [0, 0.05) is 35.9 Å². The quantitative estimate of drug-likeness (QED) is 0.782. The van der Waals surface area contributed by atoms with Crippen LogP contribution in [-0.4, -0.2) is 23.9 Å². The number of carbonyl (C=O) groups is 2. The third-order valence-corrected chi connectivity index (χ3v) is 4.35. The van der Waals surface area contributed by atoms with Gasteiger partial charge in [0.1, 0.15) is 0 Å². The van der Waals surface area contributed by atoms with Gasteiger partial charge in [0.25, 0.3) is 0 Å². The molecule has 0 heterocycles. The minimum Gasteiger partial charge on any atom is -0.326 e. The molecule has 0 fully saturated rings. The van der Waals surface area contributed by atoms with Gasteiger partial charge in [-0.3, -0.25) is 4.79 Å². The first-order chi connectivity index (χ1) is 12.3. The van der Waals surface area contributed by atoms with Crippen LogP contribution in [0.3, 0.4) is 0 Å². The second-order valence-corrected chi connectivity index (χ2v) is 6.96. The van der Waals surface area contributed by atoms with Crippen molar-refractivity contribution in [2.45, 2.75) is 27.3 Å². The number of nitrogens with zero attached hydrogens (tertiary/aromatic N) is 1.